The summed E-state index contributed by atoms with van der Waals surface area (Å²) >= 11 is 9.31. The third-order valence-electron chi connectivity index (χ3n) is 29.2. The smallest absolute Gasteiger partial charge is 0.369 e. The summed E-state index contributed by atoms with van der Waals surface area (Å²) in [6.45, 7) is 3.76. The number of hydrogen-bond donors (Lipinski definition) is 7. The Balaban J connectivity index is 0.000000106. The van der Waals surface area contributed by atoms with E-state index < -0.39 is 33.2 Å². The van der Waals surface area contributed by atoms with Crippen molar-refractivity contribution in [1.82, 2.24) is 29.6 Å². The Labute approximate surface area is 669 Å². The number of piperidine rings is 4. The highest BCUT2D eigenvalue weighted by atomic mass is 79.9. The minimum atomic E-state index is -0.942. The van der Waals surface area contributed by atoms with Gasteiger partial charge in [0, 0.05) is 136 Å². The minimum absolute atomic E-state index is 0.00909. The molecule has 2 saturated carbocycles. The number of aromatic nitrogens is 2. The van der Waals surface area contributed by atoms with Crippen molar-refractivity contribution in [3.63, 3.8) is 0 Å². The standard InChI is InChI=1S/C24H26N2O2.C24H27NO4.C23H24N2O2.C18H23NO3.BBr3/c1-26-10-9-23-14-21-18(17-5-3-4-6-20(17)25-21)13-24(23,27)22(26)11-15-7-8-16(28-2)12-19(15)23;1-25-13-12-23-15-17(26)10-11-24(23,27)20(25)14-16-8-9-19(28-2)22(21(16)23)29-18-6-4-3-5-7-18;1-25-9-8-22-13-20-17(16-4-2-3-5-19(16)24-20)12-23(22,27)21(25)10-14-6-7-15(26)11-18(14)22;1-19-8-7-17-11-13(20)5-6-18(17,21)16(19)9-12-3-4-14(22-2)10-15(12)17;2-1(3)4/h3-8,12,22,25,27H,9-11,13-14H2,1-2H3;3-9,20,27H,10-15H2,1-2H3;2-7,11,21,24,26-27H,8-10,12-13H2,1H3;3-4,10,16,21H,5-9,11H2,1-2H3;/t22?,23-,24-;20?,23-,24-;21?,22-,23-;16?,17-,18-;/m1111./s1. The molecule has 8 aliphatic carbocycles. The fourth-order valence-corrected chi connectivity index (χ4v) is 23.8. The molecule has 8 bridgehead atoms. The SMILES string of the molecule is BrB(Br)Br.CN1CC[C@]23Cc4[nH]c5ccccc5c4C[C@@]2(O)C1Cc1ccc(O)cc13.COc1ccc2c(c1)[C@]13CCN(C)C(C2)[C@]1(O)CCC(=O)C3.COc1ccc2c(c1)[C@]13CCN(C)C(C2)[C@]1(O)Cc1c([nH]c2ccccc12)C3.COc1ccc2c(c1Oc1ccccc1)[C@]13CCN(C)C(C2)[C@]1(O)CCC(=O)C3. The lowest BCUT2D eigenvalue weighted by Gasteiger charge is -2.63. The number of aromatic hydroxyl groups is 1. The van der Waals surface area contributed by atoms with Crippen LogP contribution in [0.25, 0.3) is 21.8 Å². The van der Waals surface area contributed by atoms with Gasteiger partial charge >= 0.3 is 3.18 Å². The number of phenolic OH excluding ortho intramolecular Hbond substituents is 1. The van der Waals surface area contributed by atoms with Gasteiger partial charge in [-0.05, 0) is 235 Å². The molecule has 0 amide bonds. The van der Waals surface area contributed by atoms with Crippen LogP contribution in [0.3, 0.4) is 0 Å². The van der Waals surface area contributed by atoms with E-state index in [1.54, 1.807) is 27.4 Å². The zero-order valence-corrected chi connectivity index (χ0v) is 68.7. The number of ether oxygens (including phenoxy) is 4. The molecular formula is C89H100BBr3N6O11. The number of Topliss-reactive ketones (excluding diaryl/α,β-unsaturated/α-hetero) is 2. The summed E-state index contributed by atoms with van der Waals surface area (Å²) < 4.78 is 23.3. The number of ketones is 2. The number of para-hydroxylation sites is 3. The second-order valence-corrected chi connectivity index (χ2v) is 40.3. The average Bonchev–Trinajstić information content (AvgIpc) is 1.13. The van der Waals surface area contributed by atoms with Crippen LogP contribution >= 0.6 is 47.3 Å². The Morgan fingerprint density at radius 3 is 1.29 bits per heavy atom. The lowest BCUT2D eigenvalue weighted by atomic mass is 9.49. The van der Waals surface area contributed by atoms with Crippen LogP contribution in [0.4, 0.5) is 0 Å². The lowest BCUT2D eigenvalue weighted by molar-refractivity contribution is -0.169. The fraction of sp³-hybridized carbons (Fsp3) is 0.461. The van der Waals surface area contributed by atoms with E-state index in [0.29, 0.717) is 68.6 Å². The number of carbonyl (C=O) groups is 2. The first-order chi connectivity index (χ1) is 52.8. The van der Waals surface area contributed by atoms with Crippen LogP contribution in [0, 0.1) is 0 Å². The molecule has 12 atom stereocenters. The van der Waals surface area contributed by atoms with Gasteiger partial charge in [-0.25, -0.2) is 0 Å². The van der Waals surface area contributed by atoms with E-state index in [0.717, 1.165) is 135 Å². The Morgan fingerprint density at radius 2 is 0.818 bits per heavy atom. The monoisotopic (exact) mass is 1680 g/mol. The molecule has 9 aromatic rings. The Hall–Kier alpha value is -6.86. The second-order valence-electron chi connectivity index (χ2n) is 33.9. The third kappa shape index (κ3) is 11.6. The van der Waals surface area contributed by atoms with Crippen molar-refractivity contribution in [3.05, 3.63) is 213 Å². The molecule has 21 rings (SSSR count). The van der Waals surface area contributed by atoms with Gasteiger partial charge < -0.3 is 74.0 Å². The van der Waals surface area contributed by atoms with E-state index in [9.17, 15) is 35.1 Å². The number of carbonyl (C=O) groups excluding carboxylic acids is 2. The van der Waals surface area contributed by atoms with E-state index in [2.05, 4.69) is 196 Å². The number of halogens is 3. The quantitative estimate of drug-likeness (QED) is 0.0798. The number of hydrogen-bond acceptors (Lipinski definition) is 15. The van der Waals surface area contributed by atoms with Gasteiger partial charge in [0.25, 0.3) is 0 Å². The van der Waals surface area contributed by atoms with Crippen molar-refractivity contribution in [2.24, 2.45) is 0 Å². The van der Waals surface area contributed by atoms with Gasteiger partial charge in [-0.3, -0.25) is 9.59 Å². The molecule has 0 spiro atoms. The van der Waals surface area contributed by atoms with E-state index in [-0.39, 0.29) is 49.7 Å². The zero-order chi connectivity index (χ0) is 76.8. The molecule has 576 valence electrons. The number of fused-ring (bicyclic) bond motifs is 10. The zero-order valence-electron chi connectivity index (χ0n) is 63.9. The normalized spacial score (nSPS) is 31.7. The number of methoxy groups -OCH3 is 3. The first kappa shape index (κ1) is 75.8. The summed E-state index contributed by atoms with van der Waals surface area (Å²) in [6, 6.07) is 49.3. The molecule has 2 aromatic heterocycles. The Kier molecular flexibility index (Phi) is 19.5. The number of benzene rings is 7. The van der Waals surface area contributed by atoms with E-state index >= 15 is 0 Å². The van der Waals surface area contributed by atoms with Crippen molar-refractivity contribution in [3.8, 4) is 34.5 Å². The first-order valence-corrected chi connectivity index (χ1v) is 42.0. The number of nitrogens with one attached hydrogen (secondary N) is 2. The van der Waals surface area contributed by atoms with Crippen LogP contribution in [0.2, 0.25) is 0 Å². The van der Waals surface area contributed by atoms with Gasteiger partial charge in [0.05, 0.1) is 43.7 Å². The van der Waals surface area contributed by atoms with Crippen molar-refractivity contribution in [2.75, 3.05) is 75.7 Å². The number of rotatable bonds is 5. The van der Waals surface area contributed by atoms with Crippen LogP contribution in [0.15, 0.2) is 146 Å². The molecule has 6 fully saturated rings. The average molecular weight is 1680 g/mol. The van der Waals surface area contributed by atoms with Gasteiger partial charge in [0.2, 0.25) is 0 Å². The van der Waals surface area contributed by atoms with Gasteiger partial charge in [0.15, 0.2) is 11.5 Å². The predicted molar refractivity (Wildman–Crippen MR) is 441 cm³/mol. The minimum Gasteiger partial charge on any atom is -0.508 e. The van der Waals surface area contributed by atoms with E-state index in [1.165, 1.54) is 61.1 Å². The maximum absolute atomic E-state index is 12.7. The van der Waals surface area contributed by atoms with Crippen molar-refractivity contribution in [2.45, 2.75) is 184 Å². The van der Waals surface area contributed by atoms with Crippen LogP contribution in [0.5, 0.6) is 34.5 Å². The molecule has 110 heavy (non-hydrogen) atoms. The molecule has 0 radical (unpaired) electrons. The highest BCUT2D eigenvalue weighted by molar-refractivity contribution is 9.69. The van der Waals surface area contributed by atoms with Crippen molar-refractivity contribution >= 4 is 83.8 Å². The van der Waals surface area contributed by atoms with Crippen molar-refractivity contribution in [1.29, 1.82) is 0 Å². The molecule has 4 unspecified atom stereocenters. The largest absolute Gasteiger partial charge is 0.508 e. The van der Waals surface area contributed by atoms with Crippen LogP contribution < -0.4 is 18.9 Å². The topological polar surface area (TPSA) is 217 Å². The molecule has 7 N–H and O–H groups in total. The number of nitrogens with zero attached hydrogens (tertiary/aromatic N) is 4. The molecule has 17 nitrogen and oxygen atoms in total. The highest BCUT2D eigenvalue weighted by Crippen LogP contribution is 2.64. The maximum atomic E-state index is 12.7. The molecule has 4 saturated heterocycles. The molecule has 12 aliphatic rings. The Morgan fingerprint density at radius 1 is 0.427 bits per heavy atom. The van der Waals surface area contributed by atoms with Crippen molar-refractivity contribution < 1.29 is 54.1 Å². The van der Waals surface area contributed by atoms with Gasteiger partial charge in [-0.15, -0.1) is 47.3 Å². The van der Waals surface area contributed by atoms with E-state index in [1.807, 2.05) is 48.5 Å². The number of H-pyrrole nitrogens is 2. The summed E-state index contributed by atoms with van der Waals surface area (Å²) in [5, 5.41) is 61.0. The summed E-state index contributed by atoms with van der Waals surface area (Å²) in [5.74, 6) is 4.50. The van der Waals surface area contributed by atoms with E-state index in [4.69, 9.17) is 18.9 Å². The number of likely N-dealkylation sites (N-methyl/N-ethyl adjacent to an activating group) is 4. The van der Waals surface area contributed by atoms with Crippen LogP contribution in [-0.4, -0.2) is 192 Å². The lowest BCUT2D eigenvalue weighted by Crippen LogP contribution is -2.73. The molecule has 21 heteroatoms. The van der Waals surface area contributed by atoms with Crippen LogP contribution in [-0.2, 0) is 82.6 Å². The van der Waals surface area contributed by atoms with Gasteiger partial charge in [-0.2, -0.15) is 0 Å². The molecular weight excluding hydrogens is 1580 g/mol. The Bertz CT molecular complexity index is 5100. The number of aromatic amines is 2. The molecule has 4 aliphatic heterocycles. The highest BCUT2D eigenvalue weighted by Gasteiger charge is 2.69. The predicted octanol–water partition coefficient (Wildman–Crippen LogP) is 13.4. The molecule has 7 aromatic carbocycles. The number of phenols is 1. The summed E-state index contributed by atoms with van der Waals surface area (Å²) in [7, 11) is 13.5. The fourth-order valence-electron chi connectivity index (χ4n) is 23.8. The third-order valence-corrected chi connectivity index (χ3v) is 29.2. The number of likely N-dealkylation sites (tertiary alicyclic amines) is 4. The summed E-state index contributed by atoms with van der Waals surface area (Å²) in [4.78, 5) is 41.5. The summed E-state index contributed by atoms with van der Waals surface area (Å²) in [6.07, 6.45) is 12.6. The van der Waals surface area contributed by atoms with Crippen LogP contribution in [0.1, 0.15) is 131 Å². The first-order valence-electron chi connectivity index (χ1n) is 39.2. The van der Waals surface area contributed by atoms with Gasteiger partial charge in [-0.1, -0.05) is 78.9 Å². The maximum Gasteiger partial charge on any atom is 0.369 e. The second kappa shape index (κ2) is 28.3. The summed E-state index contributed by atoms with van der Waals surface area (Å²) in [5.41, 5.74) is 12.1. The molecule has 6 heterocycles. The number of aliphatic hydroxyl groups is 4. The van der Waals surface area contributed by atoms with Gasteiger partial charge in [0.1, 0.15) is 34.6 Å².